The van der Waals surface area contributed by atoms with E-state index in [1.165, 1.54) is 6.07 Å². The van der Waals surface area contributed by atoms with Gasteiger partial charge in [-0.05, 0) is 43.2 Å². The first-order chi connectivity index (χ1) is 17.0. The fraction of sp³-hybridized carbons (Fsp3) is 0.435. The van der Waals surface area contributed by atoms with E-state index < -0.39 is 47.7 Å². The number of unbranched alkanes of at least 4 members (excludes halogenated alkanes) is 2. The Morgan fingerprint density at radius 1 is 1.00 bits per heavy atom. The predicted octanol–water partition coefficient (Wildman–Crippen LogP) is 6.92. The van der Waals surface area contributed by atoms with Gasteiger partial charge >= 0.3 is 13.8 Å². The number of hydrogen-bond donors (Lipinski definition) is 1. The fourth-order valence-corrected chi connectivity index (χ4v) is 4.27. The third-order valence-electron chi connectivity index (χ3n) is 4.83. The molecule has 13 heteroatoms. The van der Waals surface area contributed by atoms with E-state index in [4.69, 9.17) is 13.8 Å². The number of amides is 1. The van der Waals surface area contributed by atoms with Gasteiger partial charge in [0.2, 0.25) is 0 Å². The van der Waals surface area contributed by atoms with E-state index in [1.807, 2.05) is 13.8 Å². The summed E-state index contributed by atoms with van der Waals surface area (Å²) in [6, 6.07) is 7.13. The Hall–Kier alpha value is -2.95. The Balaban J connectivity index is 2.20. The van der Waals surface area contributed by atoms with E-state index in [0.717, 1.165) is 49.2 Å². The standard InChI is InChI=1S/C23H28F3N2O7P/c1-3-5-13-33-36(32,34-14-6-4-2)16-27-22(29)20-15-19(11-12-21(20)28(30)31)35-18-9-7-17(8-10-18)23(24,25)26/h7-12,15H,3-6,13-14,16H2,1-2H3,(H,27,29). The van der Waals surface area contributed by atoms with Crippen molar-refractivity contribution in [1.82, 2.24) is 5.32 Å². The van der Waals surface area contributed by atoms with E-state index >= 15 is 0 Å². The normalized spacial score (nSPS) is 11.8. The number of carbonyl (C=O) groups excluding carboxylic acids is 1. The fourth-order valence-electron chi connectivity index (χ4n) is 2.86. The SMILES string of the molecule is CCCCOP(=O)(CNC(=O)c1cc(Oc2ccc(C(F)(F)F)cc2)ccc1[N+](=O)[O-])OCCCC. The second-order valence-electron chi connectivity index (χ2n) is 7.71. The molecule has 0 aliphatic carbocycles. The van der Waals surface area contributed by atoms with Crippen molar-refractivity contribution in [2.24, 2.45) is 0 Å². The van der Waals surface area contributed by atoms with Crippen LogP contribution >= 0.6 is 7.60 Å². The van der Waals surface area contributed by atoms with Gasteiger partial charge in [-0.1, -0.05) is 26.7 Å². The van der Waals surface area contributed by atoms with E-state index in [0.29, 0.717) is 12.8 Å². The molecule has 2 aromatic carbocycles. The minimum absolute atomic E-state index is 0.0212. The quantitative estimate of drug-likeness (QED) is 0.121. The van der Waals surface area contributed by atoms with Crippen molar-refractivity contribution in [1.29, 1.82) is 0 Å². The van der Waals surface area contributed by atoms with E-state index in [-0.39, 0.29) is 24.7 Å². The summed E-state index contributed by atoms with van der Waals surface area (Å²) in [6.45, 7) is 4.17. The first kappa shape index (κ1) is 29.3. The number of rotatable bonds is 14. The van der Waals surface area contributed by atoms with Crippen molar-refractivity contribution >= 4 is 19.2 Å². The minimum Gasteiger partial charge on any atom is -0.457 e. The molecule has 0 aliphatic heterocycles. The van der Waals surface area contributed by atoms with Crippen molar-refractivity contribution in [3.8, 4) is 11.5 Å². The summed E-state index contributed by atoms with van der Waals surface area (Å²) in [5.74, 6) is -0.911. The van der Waals surface area contributed by atoms with Crippen molar-refractivity contribution in [2.45, 2.75) is 45.7 Å². The molecular formula is C23H28F3N2O7P. The van der Waals surface area contributed by atoms with Crippen molar-refractivity contribution in [3.05, 3.63) is 63.7 Å². The van der Waals surface area contributed by atoms with Crippen LogP contribution in [0.4, 0.5) is 18.9 Å². The second kappa shape index (κ2) is 13.4. The Bertz CT molecular complexity index is 1060. The zero-order valence-corrected chi connectivity index (χ0v) is 20.8. The topological polar surface area (TPSA) is 117 Å². The summed E-state index contributed by atoms with van der Waals surface area (Å²) in [5.41, 5.74) is -1.80. The third kappa shape index (κ3) is 8.92. The number of carbonyl (C=O) groups is 1. The summed E-state index contributed by atoms with van der Waals surface area (Å²) in [5, 5.41) is 13.8. The number of nitro benzene ring substituents is 1. The molecule has 0 unspecified atom stereocenters. The van der Waals surface area contributed by atoms with Crippen LogP contribution in [0.25, 0.3) is 0 Å². The highest BCUT2D eigenvalue weighted by Gasteiger charge is 2.30. The average Bonchev–Trinajstić information content (AvgIpc) is 2.82. The van der Waals surface area contributed by atoms with Crippen LogP contribution in [0.5, 0.6) is 11.5 Å². The summed E-state index contributed by atoms with van der Waals surface area (Å²) in [4.78, 5) is 23.5. The molecule has 0 aliphatic rings. The van der Waals surface area contributed by atoms with Gasteiger partial charge in [0.1, 0.15) is 23.3 Å². The van der Waals surface area contributed by atoms with Crippen LogP contribution < -0.4 is 10.1 Å². The van der Waals surface area contributed by atoms with Crippen molar-refractivity contribution in [3.63, 3.8) is 0 Å². The van der Waals surface area contributed by atoms with Gasteiger partial charge in [-0.25, -0.2) is 0 Å². The number of hydrogen-bond acceptors (Lipinski definition) is 7. The summed E-state index contributed by atoms with van der Waals surface area (Å²) < 4.78 is 67.5. The van der Waals surface area contributed by atoms with Crippen LogP contribution in [0.2, 0.25) is 0 Å². The molecule has 0 aromatic heterocycles. The number of nitrogens with one attached hydrogen (secondary N) is 1. The van der Waals surface area contributed by atoms with Gasteiger partial charge in [0, 0.05) is 12.1 Å². The highest BCUT2D eigenvalue weighted by molar-refractivity contribution is 7.53. The lowest BCUT2D eigenvalue weighted by molar-refractivity contribution is -0.385. The van der Waals surface area contributed by atoms with Crippen LogP contribution in [0.3, 0.4) is 0 Å². The van der Waals surface area contributed by atoms with Crippen LogP contribution in [-0.4, -0.2) is 30.3 Å². The molecule has 0 heterocycles. The van der Waals surface area contributed by atoms with Gasteiger partial charge in [0.15, 0.2) is 0 Å². The van der Waals surface area contributed by atoms with Crippen LogP contribution in [0.1, 0.15) is 55.5 Å². The maximum atomic E-state index is 13.0. The largest absolute Gasteiger partial charge is 0.457 e. The molecule has 2 aromatic rings. The summed E-state index contributed by atoms with van der Waals surface area (Å²) in [7, 11) is -3.70. The molecule has 198 valence electrons. The molecule has 0 radical (unpaired) electrons. The lowest BCUT2D eigenvalue weighted by Crippen LogP contribution is -2.26. The van der Waals surface area contributed by atoms with Gasteiger partial charge in [-0.15, -0.1) is 0 Å². The second-order valence-corrected chi connectivity index (χ2v) is 9.76. The number of ether oxygens (including phenoxy) is 1. The van der Waals surface area contributed by atoms with E-state index in [9.17, 15) is 32.6 Å². The number of alkyl halides is 3. The maximum Gasteiger partial charge on any atom is 0.416 e. The highest BCUT2D eigenvalue weighted by atomic mass is 31.2. The lowest BCUT2D eigenvalue weighted by atomic mass is 10.1. The van der Waals surface area contributed by atoms with E-state index in [1.54, 1.807) is 0 Å². The summed E-state index contributed by atoms with van der Waals surface area (Å²) >= 11 is 0. The van der Waals surface area contributed by atoms with Crippen LogP contribution in [0, 0.1) is 10.1 Å². The molecule has 0 atom stereocenters. The summed E-state index contributed by atoms with van der Waals surface area (Å²) in [6.07, 6.45) is -2.18. The molecule has 9 nitrogen and oxygen atoms in total. The molecule has 0 fully saturated rings. The third-order valence-corrected chi connectivity index (χ3v) is 6.53. The molecule has 0 saturated heterocycles. The van der Waals surface area contributed by atoms with Crippen LogP contribution in [0.15, 0.2) is 42.5 Å². The Labute approximate surface area is 206 Å². The number of nitro groups is 1. The van der Waals surface area contributed by atoms with Gasteiger partial charge in [-0.2, -0.15) is 13.2 Å². The number of halogens is 3. The molecule has 0 spiro atoms. The average molecular weight is 532 g/mol. The zero-order valence-electron chi connectivity index (χ0n) is 19.9. The number of benzene rings is 2. The van der Waals surface area contributed by atoms with Gasteiger partial charge in [-0.3, -0.25) is 19.5 Å². The molecular weight excluding hydrogens is 504 g/mol. The van der Waals surface area contributed by atoms with Crippen LogP contribution in [-0.2, 0) is 19.8 Å². The monoisotopic (exact) mass is 532 g/mol. The first-order valence-electron chi connectivity index (χ1n) is 11.3. The first-order valence-corrected chi connectivity index (χ1v) is 13.0. The van der Waals surface area contributed by atoms with E-state index in [2.05, 4.69) is 5.32 Å². The molecule has 0 saturated carbocycles. The Morgan fingerprint density at radius 3 is 2.06 bits per heavy atom. The van der Waals surface area contributed by atoms with Gasteiger partial charge < -0.3 is 19.1 Å². The van der Waals surface area contributed by atoms with Gasteiger partial charge in [0.05, 0.1) is 23.7 Å². The molecule has 36 heavy (non-hydrogen) atoms. The Kier molecular flexibility index (Phi) is 10.9. The van der Waals surface area contributed by atoms with Crippen molar-refractivity contribution in [2.75, 3.05) is 19.5 Å². The predicted molar refractivity (Wildman–Crippen MR) is 126 cm³/mol. The maximum absolute atomic E-state index is 13.0. The highest BCUT2D eigenvalue weighted by Crippen LogP contribution is 2.47. The molecule has 1 amide bonds. The zero-order chi connectivity index (χ0) is 26.8. The Morgan fingerprint density at radius 2 is 1.56 bits per heavy atom. The number of nitrogens with zero attached hydrogens (tertiary/aromatic N) is 1. The molecule has 2 rings (SSSR count). The molecule has 0 bridgehead atoms. The van der Waals surface area contributed by atoms with Crippen molar-refractivity contribution < 1.29 is 41.2 Å². The lowest BCUT2D eigenvalue weighted by Gasteiger charge is -2.19. The minimum atomic E-state index is -4.52. The van der Waals surface area contributed by atoms with Gasteiger partial charge in [0.25, 0.3) is 11.6 Å². The smallest absolute Gasteiger partial charge is 0.416 e. The molecule has 1 N–H and O–H groups in total.